The van der Waals surface area contributed by atoms with E-state index in [1.807, 2.05) is 0 Å². The molecule has 0 radical (unpaired) electrons. The lowest BCUT2D eigenvalue weighted by Gasteiger charge is -2.42. The van der Waals surface area contributed by atoms with Crippen molar-refractivity contribution in [2.24, 2.45) is 11.1 Å². The van der Waals surface area contributed by atoms with Crippen molar-refractivity contribution in [2.75, 3.05) is 18.0 Å². The van der Waals surface area contributed by atoms with Crippen LogP contribution in [-0.4, -0.2) is 34.1 Å². The number of hydrogen-bond acceptors (Lipinski definition) is 6. The average molecular weight is 426 g/mol. The van der Waals surface area contributed by atoms with Gasteiger partial charge < -0.3 is 15.6 Å². The summed E-state index contributed by atoms with van der Waals surface area (Å²) >= 11 is 13.4. The number of anilines is 1. The van der Waals surface area contributed by atoms with Crippen LogP contribution in [0.2, 0.25) is 10.2 Å². The van der Waals surface area contributed by atoms with Gasteiger partial charge in [0, 0.05) is 30.2 Å². The minimum atomic E-state index is -0.192. The molecular formula is C18H21Cl2N5OS. The highest BCUT2D eigenvalue weighted by atomic mass is 35.5. The van der Waals surface area contributed by atoms with Gasteiger partial charge in [0.15, 0.2) is 5.82 Å². The van der Waals surface area contributed by atoms with Crippen molar-refractivity contribution in [1.29, 1.82) is 0 Å². The topological polar surface area (TPSA) is 87.9 Å². The molecule has 0 amide bonds. The summed E-state index contributed by atoms with van der Waals surface area (Å²) in [6.07, 6.45) is 8.83. The van der Waals surface area contributed by atoms with Crippen LogP contribution < -0.4 is 16.2 Å². The fourth-order valence-corrected chi connectivity index (χ4v) is 5.45. The first-order valence-corrected chi connectivity index (χ1v) is 10.6. The van der Waals surface area contributed by atoms with Crippen molar-refractivity contribution in [3.05, 3.63) is 39.0 Å². The number of pyridine rings is 1. The average Bonchev–Trinajstić information content (AvgIpc) is 3.00. The van der Waals surface area contributed by atoms with Gasteiger partial charge in [0.1, 0.15) is 5.15 Å². The summed E-state index contributed by atoms with van der Waals surface area (Å²) in [5.41, 5.74) is 6.41. The Morgan fingerprint density at radius 3 is 2.70 bits per heavy atom. The molecule has 3 N–H and O–H groups in total. The Balaban J connectivity index is 1.48. The first kappa shape index (κ1) is 19.1. The van der Waals surface area contributed by atoms with Crippen molar-refractivity contribution in [3.63, 3.8) is 0 Å². The molecule has 4 rings (SSSR count). The molecule has 1 aliphatic carbocycles. The van der Waals surface area contributed by atoms with Gasteiger partial charge in [0.05, 0.1) is 16.2 Å². The van der Waals surface area contributed by atoms with Gasteiger partial charge in [0.2, 0.25) is 0 Å². The molecule has 3 heterocycles. The number of hydrogen-bond donors (Lipinski definition) is 2. The summed E-state index contributed by atoms with van der Waals surface area (Å²) < 4.78 is 0. The molecule has 1 atom stereocenters. The molecule has 2 aromatic heterocycles. The van der Waals surface area contributed by atoms with Crippen LogP contribution in [-0.2, 0) is 0 Å². The van der Waals surface area contributed by atoms with Crippen LogP contribution in [0.5, 0.6) is 0 Å². The highest BCUT2D eigenvalue weighted by Gasteiger charge is 2.43. The molecule has 2 aliphatic rings. The molecule has 1 aliphatic heterocycles. The number of H-pyrrole nitrogens is 1. The lowest BCUT2D eigenvalue weighted by Crippen LogP contribution is -2.48. The van der Waals surface area contributed by atoms with Gasteiger partial charge in [-0.25, -0.2) is 9.97 Å². The molecule has 1 spiro atoms. The maximum Gasteiger partial charge on any atom is 0.291 e. The summed E-state index contributed by atoms with van der Waals surface area (Å²) in [4.78, 5) is 26.6. The van der Waals surface area contributed by atoms with Crippen molar-refractivity contribution >= 4 is 40.8 Å². The van der Waals surface area contributed by atoms with E-state index in [2.05, 4.69) is 19.9 Å². The fraction of sp³-hybridized carbons (Fsp3) is 0.500. The van der Waals surface area contributed by atoms with Crippen molar-refractivity contribution in [3.8, 4) is 0 Å². The summed E-state index contributed by atoms with van der Waals surface area (Å²) in [6, 6.07) is 2.04. The van der Waals surface area contributed by atoms with Crippen LogP contribution in [0.25, 0.3) is 0 Å². The third kappa shape index (κ3) is 3.70. The normalized spacial score (nSPS) is 21.7. The third-order valence-corrected chi connectivity index (χ3v) is 7.68. The Hall–Kier alpha value is -1.28. The van der Waals surface area contributed by atoms with E-state index in [0.717, 1.165) is 37.2 Å². The van der Waals surface area contributed by atoms with Gasteiger partial charge in [-0.05, 0) is 37.2 Å². The second-order valence-electron chi connectivity index (χ2n) is 7.26. The zero-order chi connectivity index (χ0) is 19.0. The molecule has 144 valence electrons. The molecule has 27 heavy (non-hydrogen) atoms. The zero-order valence-corrected chi connectivity index (χ0v) is 17.1. The third-order valence-electron chi connectivity index (χ3n) is 5.81. The standard InChI is InChI=1S/C18H21Cl2N5OS/c19-14-11(3-7-22-15(14)20)27-13-10-23-16(17(26)24-13)25-8-5-18(6-9-25)4-1-2-12(18)21/h3,7,10,12H,1-2,4-6,8-9,21H2,(H,24,26). The van der Waals surface area contributed by atoms with E-state index >= 15 is 0 Å². The second-order valence-corrected chi connectivity index (χ2v) is 9.08. The lowest BCUT2D eigenvalue weighted by molar-refractivity contribution is 0.197. The van der Waals surface area contributed by atoms with E-state index in [-0.39, 0.29) is 16.1 Å². The lowest BCUT2D eigenvalue weighted by atomic mass is 9.74. The molecule has 0 aromatic carbocycles. The van der Waals surface area contributed by atoms with Gasteiger partial charge in [-0.2, -0.15) is 0 Å². The summed E-state index contributed by atoms with van der Waals surface area (Å²) in [5.74, 6) is 0.472. The van der Waals surface area contributed by atoms with Gasteiger partial charge in [-0.3, -0.25) is 4.79 Å². The molecule has 0 bridgehead atoms. The SMILES string of the molecule is NC1CCCC12CCN(c1ncc(Sc3ccnc(Cl)c3Cl)[nH]c1=O)CC2. The van der Waals surface area contributed by atoms with E-state index < -0.39 is 0 Å². The van der Waals surface area contributed by atoms with Crippen LogP contribution in [0.15, 0.2) is 33.2 Å². The van der Waals surface area contributed by atoms with Gasteiger partial charge in [-0.1, -0.05) is 41.4 Å². The zero-order valence-electron chi connectivity index (χ0n) is 14.8. The minimum absolute atomic E-state index is 0.192. The Labute approximate surface area is 171 Å². The Morgan fingerprint density at radius 1 is 1.26 bits per heavy atom. The fourth-order valence-electron chi connectivity index (χ4n) is 4.21. The maximum atomic E-state index is 12.6. The predicted molar refractivity (Wildman–Crippen MR) is 109 cm³/mol. The molecule has 6 nitrogen and oxygen atoms in total. The largest absolute Gasteiger partial charge is 0.352 e. The predicted octanol–water partition coefficient (Wildman–Crippen LogP) is 3.72. The first-order valence-electron chi connectivity index (χ1n) is 9.06. The number of rotatable bonds is 3. The Morgan fingerprint density at radius 2 is 2.04 bits per heavy atom. The van der Waals surface area contributed by atoms with E-state index in [1.165, 1.54) is 24.6 Å². The van der Waals surface area contributed by atoms with E-state index in [4.69, 9.17) is 28.9 Å². The highest BCUT2D eigenvalue weighted by molar-refractivity contribution is 7.99. The van der Waals surface area contributed by atoms with E-state index in [1.54, 1.807) is 18.5 Å². The second kappa shape index (κ2) is 7.62. The van der Waals surface area contributed by atoms with Crippen molar-refractivity contribution in [2.45, 2.75) is 48.1 Å². The quantitative estimate of drug-likeness (QED) is 0.728. The van der Waals surface area contributed by atoms with Crippen molar-refractivity contribution < 1.29 is 0 Å². The maximum absolute atomic E-state index is 12.6. The smallest absolute Gasteiger partial charge is 0.291 e. The number of aromatic nitrogens is 3. The summed E-state index contributed by atoms with van der Waals surface area (Å²) in [7, 11) is 0. The van der Waals surface area contributed by atoms with Gasteiger partial charge >= 0.3 is 0 Å². The molecular weight excluding hydrogens is 405 g/mol. The van der Waals surface area contributed by atoms with Crippen LogP contribution in [0.1, 0.15) is 32.1 Å². The van der Waals surface area contributed by atoms with Crippen LogP contribution in [0.3, 0.4) is 0 Å². The Bertz CT molecular complexity index is 898. The van der Waals surface area contributed by atoms with Gasteiger partial charge in [-0.15, -0.1) is 0 Å². The number of aromatic amines is 1. The number of halogens is 2. The monoisotopic (exact) mass is 425 g/mol. The molecule has 9 heteroatoms. The van der Waals surface area contributed by atoms with E-state index in [9.17, 15) is 4.79 Å². The highest BCUT2D eigenvalue weighted by Crippen LogP contribution is 2.45. The molecule has 1 saturated heterocycles. The Kier molecular flexibility index (Phi) is 5.38. The molecule has 1 unspecified atom stereocenters. The number of piperidine rings is 1. The van der Waals surface area contributed by atoms with Crippen LogP contribution in [0, 0.1) is 5.41 Å². The summed E-state index contributed by atoms with van der Waals surface area (Å²) in [6.45, 7) is 1.64. The first-order chi connectivity index (χ1) is 13.0. The molecule has 1 saturated carbocycles. The number of nitrogens with two attached hydrogens (primary N) is 1. The minimum Gasteiger partial charge on any atom is -0.352 e. The van der Waals surface area contributed by atoms with Crippen LogP contribution in [0.4, 0.5) is 5.82 Å². The summed E-state index contributed by atoms with van der Waals surface area (Å²) in [5, 5.41) is 1.21. The van der Waals surface area contributed by atoms with Crippen molar-refractivity contribution in [1.82, 2.24) is 15.0 Å². The van der Waals surface area contributed by atoms with Crippen LogP contribution >= 0.6 is 35.0 Å². The number of nitrogens with zero attached hydrogens (tertiary/aromatic N) is 3. The van der Waals surface area contributed by atoms with E-state index in [0.29, 0.717) is 21.9 Å². The van der Waals surface area contributed by atoms with Gasteiger partial charge in [0.25, 0.3) is 5.56 Å². The molecule has 2 fully saturated rings. The number of nitrogens with one attached hydrogen (secondary N) is 1. The molecule has 2 aromatic rings.